The zero-order valence-electron chi connectivity index (χ0n) is 33.1. The molecule has 0 saturated carbocycles. The second-order valence-electron chi connectivity index (χ2n) is 12.4. The standard InChI is InChI=1S/C37H68N4O14S/c1-2-34(42)38-7-9-45-11-13-47-15-17-49-19-21-51-23-25-53-27-29-55-30-28-54-26-24-52-22-20-50-18-16-48-14-12-46-10-8-39-35(43)6-4-3-5-33-36-32(31-56-33)40-37(44)41-36/h2,32-33,36H,1,3-31H2,(H,38,42)(H,39,43)(H2,40,41,44). The molecular weight excluding hydrogens is 756 g/mol. The molecule has 0 aliphatic carbocycles. The van der Waals surface area contributed by atoms with Gasteiger partial charge in [0.25, 0.3) is 0 Å². The number of rotatable bonds is 42. The van der Waals surface area contributed by atoms with Gasteiger partial charge in [-0.2, -0.15) is 11.8 Å². The molecule has 0 aromatic heterocycles. The summed E-state index contributed by atoms with van der Waals surface area (Å²) in [6.07, 6.45) is 4.55. The third kappa shape index (κ3) is 29.1. The maximum absolute atomic E-state index is 12.0. The van der Waals surface area contributed by atoms with Gasteiger partial charge in [-0.25, -0.2) is 4.79 Å². The third-order valence-corrected chi connectivity index (χ3v) is 9.61. The molecule has 2 fully saturated rings. The van der Waals surface area contributed by atoms with Crippen LogP contribution in [0.2, 0.25) is 0 Å². The summed E-state index contributed by atoms with van der Waals surface area (Å²) >= 11 is 1.90. The van der Waals surface area contributed by atoms with Crippen molar-refractivity contribution in [2.24, 2.45) is 0 Å². The average molecular weight is 825 g/mol. The Kier molecular flexibility index (Phi) is 33.2. The average Bonchev–Trinajstić information content (AvgIpc) is 3.76. The Morgan fingerprint density at radius 3 is 1.34 bits per heavy atom. The number of unbranched alkanes of at least 4 members (excludes halogenated alkanes) is 1. The minimum Gasteiger partial charge on any atom is -0.377 e. The lowest BCUT2D eigenvalue weighted by atomic mass is 10.0. The Morgan fingerprint density at radius 1 is 0.571 bits per heavy atom. The highest BCUT2D eigenvalue weighted by Gasteiger charge is 2.42. The van der Waals surface area contributed by atoms with E-state index < -0.39 is 0 Å². The van der Waals surface area contributed by atoms with Crippen LogP contribution in [0.15, 0.2) is 12.7 Å². The monoisotopic (exact) mass is 824 g/mol. The Bertz CT molecular complexity index is 991. The minimum atomic E-state index is -0.214. The summed E-state index contributed by atoms with van der Waals surface area (Å²) in [6, 6.07) is 0.399. The van der Waals surface area contributed by atoms with E-state index in [1.807, 2.05) is 11.8 Å². The van der Waals surface area contributed by atoms with Gasteiger partial charge >= 0.3 is 6.03 Å². The summed E-state index contributed by atoms with van der Waals surface area (Å²) in [6.45, 7) is 14.7. The predicted molar refractivity (Wildman–Crippen MR) is 209 cm³/mol. The minimum absolute atomic E-state index is 0.0400. The Morgan fingerprint density at radius 2 is 0.946 bits per heavy atom. The summed E-state index contributed by atoms with van der Waals surface area (Å²) in [5.74, 6) is 0.783. The predicted octanol–water partition coefficient (Wildman–Crippen LogP) is 0.313. The molecule has 18 nitrogen and oxygen atoms in total. The molecule has 2 rings (SSSR count). The first-order chi connectivity index (χ1) is 27.6. The second kappa shape index (κ2) is 37.2. The first-order valence-electron chi connectivity index (χ1n) is 19.8. The fourth-order valence-corrected chi connectivity index (χ4v) is 6.79. The second-order valence-corrected chi connectivity index (χ2v) is 13.7. The highest BCUT2D eigenvalue weighted by atomic mass is 32.2. The van der Waals surface area contributed by atoms with Crippen molar-refractivity contribution in [2.45, 2.75) is 43.0 Å². The van der Waals surface area contributed by atoms with Crippen LogP contribution >= 0.6 is 11.8 Å². The maximum Gasteiger partial charge on any atom is 0.315 e. The quantitative estimate of drug-likeness (QED) is 0.0372. The summed E-state index contributed by atoms with van der Waals surface area (Å²) < 4.78 is 60.1. The van der Waals surface area contributed by atoms with Crippen molar-refractivity contribution >= 4 is 29.6 Å². The summed E-state index contributed by atoms with van der Waals surface area (Å²) in [7, 11) is 0. The zero-order valence-corrected chi connectivity index (χ0v) is 34.0. The molecule has 3 unspecified atom stereocenters. The van der Waals surface area contributed by atoms with E-state index in [2.05, 4.69) is 27.8 Å². The number of urea groups is 1. The molecule has 2 saturated heterocycles. The lowest BCUT2D eigenvalue weighted by molar-refractivity contribution is -0.121. The molecule has 0 aromatic rings. The molecular formula is C37H68N4O14S. The summed E-state index contributed by atoms with van der Waals surface area (Å²) in [4.78, 5) is 34.5. The van der Waals surface area contributed by atoms with Crippen molar-refractivity contribution in [1.82, 2.24) is 21.3 Å². The number of fused-ring (bicyclic) bond motifs is 1. The Hall–Kier alpha value is -2.14. The first-order valence-corrected chi connectivity index (χ1v) is 20.9. The molecule has 2 aliphatic rings. The molecule has 2 aliphatic heterocycles. The van der Waals surface area contributed by atoms with E-state index in [-0.39, 0.29) is 29.9 Å². The number of carbonyl (C=O) groups is 3. The summed E-state index contributed by atoms with van der Waals surface area (Å²) in [5, 5.41) is 11.9. The van der Waals surface area contributed by atoms with Crippen LogP contribution in [0, 0.1) is 0 Å². The molecule has 326 valence electrons. The van der Waals surface area contributed by atoms with Gasteiger partial charge in [-0.05, 0) is 18.9 Å². The molecule has 4 amide bonds. The number of amides is 4. The topological polar surface area (TPSA) is 201 Å². The lowest BCUT2D eigenvalue weighted by Gasteiger charge is -2.16. The largest absolute Gasteiger partial charge is 0.377 e. The highest BCUT2D eigenvalue weighted by Crippen LogP contribution is 2.33. The van der Waals surface area contributed by atoms with Gasteiger partial charge < -0.3 is 73.4 Å². The van der Waals surface area contributed by atoms with Crippen LogP contribution in [0.25, 0.3) is 0 Å². The van der Waals surface area contributed by atoms with E-state index in [0.29, 0.717) is 170 Å². The molecule has 0 bridgehead atoms. The number of nitrogens with one attached hydrogen (secondary N) is 4. The smallest absolute Gasteiger partial charge is 0.315 e. The van der Waals surface area contributed by atoms with Gasteiger partial charge in [-0.15, -0.1) is 0 Å². The molecule has 0 spiro atoms. The van der Waals surface area contributed by atoms with E-state index >= 15 is 0 Å². The van der Waals surface area contributed by atoms with Crippen molar-refractivity contribution in [1.29, 1.82) is 0 Å². The van der Waals surface area contributed by atoms with Gasteiger partial charge in [0.1, 0.15) is 0 Å². The van der Waals surface area contributed by atoms with Gasteiger partial charge in [0.2, 0.25) is 11.8 Å². The third-order valence-electron chi connectivity index (χ3n) is 8.10. The normalized spacial score (nSPS) is 17.4. The molecule has 0 aromatic carbocycles. The van der Waals surface area contributed by atoms with Crippen LogP contribution in [0.3, 0.4) is 0 Å². The van der Waals surface area contributed by atoms with Gasteiger partial charge in [0, 0.05) is 30.5 Å². The first kappa shape index (κ1) is 50.0. The zero-order chi connectivity index (χ0) is 40.0. The molecule has 2 heterocycles. The molecule has 0 radical (unpaired) electrons. The van der Waals surface area contributed by atoms with Gasteiger partial charge in [-0.1, -0.05) is 13.0 Å². The maximum atomic E-state index is 12.0. The Labute approximate surface area is 336 Å². The van der Waals surface area contributed by atoms with Crippen molar-refractivity contribution < 1.29 is 66.5 Å². The SMILES string of the molecule is C=CC(=O)NCCOCCOCCOCCOCCOCCOCCOCCOCCOCCOCCOCCNC(=O)CCCCC1SCC2NC(=O)NC21. The Balaban J connectivity index is 1.14. The van der Waals surface area contributed by atoms with Crippen molar-refractivity contribution in [3.05, 3.63) is 12.7 Å². The number of thioether (sulfide) groups is 1. The van der Waals surface area contributed by atoms with Gasteiger partial charge in [-0.3, -0.25) is 9.59 Å². The van der Waals surface area contributed by atoms with Crippen LogP contribution in [0.1, 0.15) is 25.7 Å². The van der Waals surface area contributed by atoms with Crippen LogP contribution < -0.4 is 21.3 Å². The van der Waals surface area contributed by atoms with Crippen LogP contribution in [0.5, 0.6) is 0 Å². The molecule has 19 heteroatoms. The number of hydrogen-bond acceptors (Lipinski definition) is 15. The van der Waals surface area contributed by atoms with Gasteiger partial charge in [0.05, 0.1) is 157 Å². The van der Waals surface area contributed by atoms with Crippen molar-refractivity contribution in [3.8, 4) is 0 Å². The van der Waals surface area contributed by atoms with E-state index in [9.17, 15) is 14.4 Å². The van der Waals surface area contributed by atoms with Crippen LogP contribution in [0.4, 0.5) is 4.79 Å². The van der Waals surface area contributed by atoms with Crippen molar-refractivity contribution in [3.63, 3.8) is 0 Å². The van der Waals surface area contributed by atoms with E-state index in [4.69, 9.17) is 52.1 Å². The molecule has 4 N–H and O–H groups in total. The number of ether oxygens (including phenoxy) is 11. The summed E-state index contributed by atoms with van der Waals surface area (Å²) in [5.41, 5.74) is 0. The number of hydrogen-bond donors (Lipinski definition) is 4. The highest BCUT2D eigenvalue weighted by molar-refractivity contribution is 8.00. The van der Waals surface area contributed by atoms with E-state index in [0.717, 1.165) is 25.0 Å². The van der Waals surface area contributed by atoms with E-state index in [1.165, 1.54) is 6.08 Å². The van der Waals surface area contributed by atoms with Crippen molar-refractivity contribution in [2.75, 3.05) is 164 Å². The van der Waals surface area contributed by atoms with Crippen LogP contribution in [-0.2, 0) is 61.7 Å². The fourth-order valence-electron chi connectivity index (χ4n) is 5.24. The number of carbonyl (C=O) groups excluding carboxylic acids is 3. The molecule has 56 heavy (non-hydrogen) atoms. The lowest BCUT2D eigenvalue weighted by Crippen LogP contribution is -2.36. The van der Waals surface area contributed by atoms with E-state index in [1.54, 1.807) is 0 Å². The molecule has 3 atom stereocenters. The van der Waals surface area contributed by atoms with Gasteiger partial charge in [0.15, 0.2) is 0 Å². The fraction of sp³-hybridized carbons (Fsp3) is 0.865. The van der Waals surface area contributed by atoms with Crippen LogP contribution in [-0.4, -0.2) is 199 Å².